The summed E-state index contributed by atoms with van der Waals surface area (Å²) in [5.74, 6) is 0.413. The zero-order chi connectivity index (χ0) is 17.5. The molecule has 1 N–H and O–H groups in total. The molecule has 3 heterocycles. The molecule has 136 valence electrons. The molecule has 1 amide bonds. The van der Waals surface area contributed by atoms with Crippen LogP contribution in [-0.4, -0.2) is 48.3 Å². The number of nitrogens with zero attached hydrogens (tertiary/aromatic N) is 2. The lowest BCUT2D eigenvalue weighted by Crippen LogP contribution is -2.37. The maximum Gasteiger partial charge on any atom is 0.273 e. The topological polar surface area (TPSA) is 58.4 Å². The van der Waals surface area contributed by atoms with Crippen LogP contribution in [0.25, 0.3) is 10.6 Å². The molecule has 1 saturated heterocycles. The Labute approximate surface area is 151 Å². The third kappa shape index (κ3) is 5.37. The zero-order valence-electron chi connectivity index (χ0n) is 14.2. The van der Waals surface area contributed by atoms with Crippen molar-refractivity contribution in [3.8, 4) is 10.6 Å². The molecule has 0 aromatic carbocycles. The highest BCUT2D eigenvalue weighted by Gasteiger charge is 2.18. The molecule has 0 aliphatic carbocycles. The Bertz CT molecular complexity index is 659. The van der Waals surface area contributed by atoms with Gasteiger partial charge in [-0.15, -0.1) is 11.3 Å². The first-order valence-electron chi connectivity index (χ1n) is 8.87. The average Bonchev–Trinajstić information content (AvgIpc) is 3.28. The van der Waals surface area contributed by atoms with Gasteiger partial charge in [-0.05, 0) is 50.2 Å². The summed E-state index contributed by atoms with van der Waals surface area (Å²) in [5.41, 5.74) is 0.311. The molecular formula is C18H24FN3O2S. The summed E-state index contributed by atoms with van der Waals surface area (Å²) in [4.78, 5) is 15.2. The van der Waals surface area contributed by atoms with Crippen LogP contribution in [0.5, 0.6) is 0 Å². The van der Waals surface area contributed by atoms with Crippen LogP contribution >= 0.6 is 11.3 Å². The van der Waals surface area contributed by atoms with Gasteiger partial charge < -0.3 is 14.7 Å². The van der Waals surface area contributed by atoms with Crippen LogP contribution in [0.15, 0.2) is 28.1 Å². The van der Waals surface area contributed by atoms with Crippen LogP contribution < -0.4 is 5.32 Å². The number of aromatic nitrogens is 1. The molecule has 2 aromatic rings. The largest absolute Gasteiger partial charge is 0.355 e. The number of hydrogen-bond acceptors (Lipinski definition) is 5. The highest BCUT2D eigenvalue weighted by Crippen LogP contribution is 2.25. The molecule has 1 aliphatic rings. The number of nitrogens with one attached hydrogen (secondary N) is 1. The van der Waals surface area contributed by atoms with Gasteiger partial charge in [-0.1, -0.05) is 17.6 Å². The van der Waals surface area contributed by atoms with E-state index in [-0.39, 0.29) is 5.91 Å². The SMILES string of the molecule is O=C(NCCCCCN1CCCC(F)C1)c1cc(-c2cccs2)on1. The average molecular weight is 365 g/mol. The summed E-state index contributed by atoms with van der Waals surface area (Å²) in [6.07, 6.45) is 3.98. The van der Waals surface area contributed by atoms with Gasteiger partial charge in [-0.3, -0.25) is 4.79 Å². The highest BCUT2D eigenvalue weighted by atomic mass is 32.1. The minimum atomic E-state index is -0.658. The number of unbranched alkanes of at least 4 members (excludes halogenated alkanes) is 2. The summed E-state index contributed by atoms with van der Waals surface area (Å²) in [6, 6.07) is 5.53. The van der Waals surface area contributed by atoms with Crippen LogP contribution in [0.1, 0.15) is 42.6 Å². The first-order valence-corrected chi connectivity index (χ1v) is 9.75. The Kier molecular flexibility index (Phi) is 6.58. The van der Waals surface area contributed by atoms with Crippen molar-refractivity contribution < 1.29 is 13.7 Å². The van der Waals surface area contributed by atoms with Crippen molar-refractivity contribution in [3.63, 3.8) is 0 Å². The summed E-state index contributed by atoms with van der Waals surface area (Å²) < 4.78 is 18.5. The molecule has 0 bridgehead atoms. The van der Waals surface area contributed by atoms with Crippen LogP contribution in [0.2, 0.25) is 0 Å². The van der Waals surface area contributed by atoms with Crippen LogP contribution in [0.4, 0.5) is 4.39 Å². The van der Waals surface area contributed by atoms with E-state index in [9.17, 15) is 9.18 Å². The fraction of sp³-hybridized carbons (Fsp3) is 0.556. The number of likely N-dealkylation sites (tertiary alicyclic amines) is 1. The predicted molar refractivity (Wildman–Crippen MR) is 96.6 cm³/mol. The molecule has 0 radical (unpaired) electrons. The molecule has 1 atom stereocenters. The number of carbonyl (C=O) groups is 1. The van der Waals surface area contributed by atoms with Gasteiger partial charge in [0, 0.05) is 19.2 Å². The van der Waals surface area contributed by atoms with Gasteiger partial charge in [0.05, 0.1) is 4.88 Å². The van der Waals surface area contributed by atoms with Crippen molar-refractivity contribution in [3.05, 3.63) is 29.3 Å². The first-order chi connectivity index (χ1) is 12.2. The maximum atomic E-state index is 13.3. The minimum Gasteiger partial charge on any atom is -0.355 e. The number of piperidine rings is 1. The van der Waals surface area contributed by atoms with Gasteiger partial charge in [-0.25, -0.2) is 4.39 Å². The first kappa shape index (κ1) is 18.1. The second kappa shape index (κ2) is 9.10. The van der Waals surface area contributed by atoms with Gasteiger partial charge in [0.2, 0.25) is 0 Å². The molecule has 1 unspecified atom stereocenters. The molecule has 2 aromatic heterocycles. The van der Waals surface area contributed by atoms with Crippen molar-refractivity contribution >= 4 is 17.2 Å². The van der Waals surface area contributed by atoms with Crippen molar-refractivity contribution in [2.75, 3.05) is 26.2 Å². The van der Waals surface area contributed by atoms with E-state index in [1.54, 1.807) is 17.4 Å². The third-order valence-corrected chi connectivity index (χ3v) is 5.28. The van der Waals surface area contributed by atoms with Crippen LogP contribution in [-0.2, 0) is 0 Å². The van der Waals surface area contributed by atoms with E-state index in [2.05, 4.69) is 15.4 Å². The Morgan fingerprint density at radius 1 is 1.44 bits per heavy atom. The number of halogens is 1. The normalized spacial score (nSPS) is 18.4. The van der Waals surface area contributed by atoms with Crippen LogP contribution in [0, 0.1) is 0 Å². The monoisotopic (exact) mass is 365 g/mol. The zero-order valence-corrected chi connectivity index (χ0v) is 15.1. The minimum absolute atomic E-state index is 0.206. The second-order valence-electron chi connectivity index (χ2n) is 6.41. The molecule has 7 heteroatoms. The number of carbonyl (C=O) groups excluding carboxylic acids is 1. The van der Waals surface area contributed by atoms with E-state index in [0.717, 1.165) is 43.6 Å². The number of rotatable bonds is 8. The lowest BCUT2D eigenvalue weighted by Gasteiger charge is -2.28. The smallest absolute Gasteiger partial charge is 0.273 e. The van der Waals surface area contributed by atoms with Gasteiger partial charge in [0.1, 0.15) is 6.17 Å². The number of alkyl halides is 1. The Morgan fingerprint density at radius 3 is 3.16 bits per heavy atom. The second-order valence-corrected chi connectivity index (χ2v) is 7.36. The lowest BCUT2D eigenvalue weighted by molar-refractivity contribution is 0.0943. The maximum absolute atomic E-state index is 13.3. The molecule has 1 aliphatic heterocycles. The fourth-order valence-corrected chi connectivity index (χ4v) is 3.72. The van der Waals surface area contributed by atoms with Crippen molar-refractivity contribution in [2.45, 2.75) is 38.3 Å². The van der Waals surface area contributed by atoms with E-state index in [1.807, 2.05) is 17.5 Å². The van der Waals surface area contributed by atoms with Crippen LogP contribution in [0.3, 0.4) is 0 Å². The van der Waals surface area contributed by atoms with Gasteiger partial charge in [-0.2, -0.15) is 0 Å². The Hall–Kier alpha value is -1.73. The van der Waals surface area contributed by atoms with E-state index < -0.39 is 6.17 Å². The van der Waals surface area contributed by atoms with Crippen molar-refractivity contribution in [1.29, 1.82) is 0 Å². The van der Waals surface area contributed by atoms with Gasteiger partial charge >= 0.3 is 0 Å². The van der Waals surface area contributed by atoms with Crippen molar-refractivity contribution in [2.24, 2.45) is 0 Å². The number of hydrogen-bond donors (Lipinski definition) is 1. The number of amides is 1. The van der Waals surface area contributed by atoms with Crippen molar-refractivity contribution in [1.82, 2.24) is 15.4 Å². The van der Waals surface area contributed by atoms with Gasteiger partial charge in [0.15, 0.2) is 11.5 Å². The molecule has 3 rings (SSSR count). The standard InChI is InChI=1S/C18H24FN3O2S/c19-14-6-4-10-22(13-14)9-3-1-2-8-20-18(23)15-12-16(24-21-15)17-7-5-11-25-17/h5,7,11-12,14H,1-4,6,8-10,13H2,(H,20,23). The molecule has 5 nitrogen and oxygen atoms in total. The Morgan fingerprint density at radius 2 is 2.36 bits per heavy atom. The lowest BCUT2D eigenvalue weighted by atomic mass is 10.1. The molecule has 0 spiro atoms. The summed E-state index contributed by atoms with van der Waals surface area (Å²) in [6.45, 7) is 3.15. The van der Waals surface area contributed by atoms with Gasteiger partial charge in [0.25, 0.3) is 5.91 Å². The molecular weight excluding hydrogens is 341 g/mol. The number of thiophene rings is 1. The third-order valence-electron chi connectivity index (χ3n) is 4.39. The molecule has 1 fully saturated rings. The summed E-state index contributed by atoms with van der Waals surface area (Å²) in [5, 5.41) is 8.66. The van der Waals surface area contributed by atoms with E-state index >= 15 is 0 Å². The Balaban J connectivity index is 1.30. The van der Waals surface area contributed by atoms with E-state index in [0.29, 0.717) is 31.0 Å². The fourth-order valence-electron chi connectivity index (χ4n) is 3.05. The molecule has 25 heavy (non-hydrogen) atoms. The quantitative estimate of drug-likeness (QED) is 0.724. The van der Waals surface area contributed by atoms with E-state index in [4.69, 9.17) is 4.52 Å². The molecule has 0 saturated carbocycles. The summed E-state index contributed by atoms with van der Waals surface area (Å²) >= 11 is 1.55. The highest BCUT2D eigenvalue weighted by molar-refractivity contribution is 7.13. The van der Waals surface area contributed by atoms with E-state index in [1.165, 1.54) is 0 Å². The predicted octanol–water partition coefficient (Wildman–Crippen LogP) is 3.74. The summed E-state index contributed by atoms with van der Waals surface area (Å²) in [7, 11) is 0.